The number of esters is 1. The Labute approximate surface area is 95.9 Å². The molecule has 0 spiro atoms. The molecule has 0 aliphatic heterocycles. The highest BCUT2D eigenvalue weighted by Crippen LogP contribution is 2.29. The smallest absolute Gasteiger partial charge is 0.448 e. The van der Waals surface area contributed by atoms with Crippen molar-refractivity contribution in [3.63, 3.8) is 0 Å². The molecule has 0 aliphatic carbocycles. The van der Waals surface area contributed by atoms with Crippen molar-refractivity contribution in [1.82, 2.24) is 5.32 Å². The van der Waals surface area contributed by atoms with Crippen molar-refractivity contribution in [3.05, 3.63) is 0 Å². The van der Waals surface area contributed by atoms with Crippen LogP contribution < -0.4 is 5.32 Å². The van der Waals surface area contributed by atoms with Gasteiger partial charge in [0.05, 0.1) is 6.61 Å². The van der Waals surface area contributed by atoms with Crippen LogP contribution in [0.1, 0.15) is 26.7 Å². The van der Waals surface area contributed by atoms with E-state index < -0.39 is 23.8 Å². The molecule has 5 nitrogen and oxygen atoms in total. The Morgan fingerprint density at radius 3 is 2.18 bits per heavy atom. The minimum atomic E-state index is -5.34. The number of hydrogen-bond acceptors (Lipinski definition) is 4. The molecule has 0 saturated heterocycles. The quantitative estimate of drug-likeness (QED) is 0.562. The van der Waals surface area contributed by atoms with Crippen LogP contribution in [0.3, 0.4) is 0 Å². The monoisotopic (exact) mass is 257 g/mol. The SMILES string of the molecule is CCCC(=O)NC(O)(C(=O)OCC)C(F)(F)F. The van der Waals surface area contributed by atoms with Crippen LogP contribution in [0.2, 0.25) is 0 Å². The van der Waals surface area contributed by atoms with E-state index >= 15 is 0 Å². The molecule has 0 saturated carbocycles. The number of halogens is 3. The van der Waals surface area contributed by atoms with E-state index in [0.29, 0.717) is 0 Å². The van der Waals surface area contributed by atoms with Crippen LogP contribution in [0.4, 0.5) is 13.2 Å². The topological polar surface area (TPSA) is 75.6 Å². The Kier molecular flexibility index (Phi) is 5.40. The van der Waals surface area contributed by atoms with Gasteiger partial charge in [0.25, 0.3) is 0 Å². The van der Waals surface area contributed by atoms with Gasteiger partial charge in [0.2, 0.25) is 5.91 Å². The molecular formula is C9H14F3NO4. The molecule has 0 radical (unpaired) electrons. The maximum Gasteiger partial charge on any atom is 0.448 e. The van der Waals surface area contributed by atoms with E-state index in [1.807, 2.05) is 0 Å². The van der Waals surface area contributed by atoms with Crippen LogP contribution in [-0.2, 0) is 14.3 Å². The van der Waals surface area contributed by atoms with E-state index in [2.05, 4.69) is 4.74 Å². The molecule has 0 aromatic carbocycles. The maximum atomic E-state index is 12.5. The van der Waals surface area contributed by atoms with Gasteiger partial charge < -0.3 is 15.2 Å². The predicted octanol–water partition coefficient (Wildman–Crippen LogP) is 0.717. The van der Waals surface area contributed by atoms with Gasteiger partial charge >= 0.3 is 17.9 Å². The van der Waals surface area contributed by atoms with Gasteiger partial charge in [0.15, 0.2) is 0 Å². The zero-order valence-corrected chi connectivity index (χ0v) is 9.43. The largest absolute Gasteiger partial charge is 0.462 e. The Bertz CT molecular complexity index is 292. The first-order chi connectivity index (χ1) is 7.69. The molecule has 0 rings (SSSR count). The fraction of sp³-hybridized carbons (Fsp3) is 0.778. The number of ether oxygens (including phenoxy) is 1. The summed E-state index contributed by atoms with van der Waals surface area (Å²) in [6.45, 7) is 2.50. The average Bonchev–Trinajstić information content (AvgIpc) is 2.16. The molecule has 0 aromatic rings. The van der Waals surface area contributed by atoms with E-state index in [9.17, 15) is 27.9 Å². The molecule has 1 amide bonds. The highest BCUT2D eigenvalue weighted by molar-refractivity contribution is 5.87. The maximum absolute atomic E-state index is 12.5. The molecule has 8 heteroatoms. The molecule has 0 aromatic heterocycles. The zero-order chi connectivity index (χ0) is 13.7. The number of alkyl halides is 3. The lowest BCUT2D eigenvalue weighted by Crippen LogP contribution is -2.64. The number of carbonyl (C=O) groups is 2. The summed E-state index contributed by atoms with van der Waals surface area (Å²) in [4.78, 5) is 22.1. The number of nitrogens with one attached hydrogen (secondary N) is 1. The fourth-order valence-electron chi connectivity index (χ4n) is 0.964. The summed E-state index contributed by atoms with van der Waals surface area (Å²) in [6, 6.07) is 0. The first-order valence-corrected chi connectivity index (χ1v) is 4.96. The lowest BCUT2D eigenvalue weighted by atomic mass is 10.2. The molecule has 0 bridgehead atoms. The van der Waals surface area contributed by atoms with Gasteiger partial charge in [0.1, 0.15) is 0 Å². The summed E-state index contributed by atoms with van der Waals surface area (Å²) in [5, 5.41) is 10.4. The van der Waals surface area contributed by atoms with Gasteiger partial charge in [-0.15, -0.1) is 0 Å². The van der Waals surface area contributed by atoms with Crippen molar-refractivity contribution in [2.24, 2.45) is 0 Å². The van der Waals surface area contributed by atoms with Crippen molar-refractivity contribution in [2.75, 3.05) is 6.61 Å². The number of aliphatic hydroxyl groups is 1. The normalized spacial score (nSPS) is 14.9. The summed E-state index contributed by atoms with van der Waals surface area (Å²) < 4.78 is 41.6. The molecule has 0 heterocycles. The molecule has 0 aliphatic rings. The summed E-state index contributed by atoms with van der Waals surface area (Å²) in [5.41, 5.74) is -3.99. The Balaban J connectivity index is 4.99. The predicted molar refractivity (Wildman–Crippen MR) is 50.7 cm³/mol. The molecule has 2 N–H and O–H groups in total. The van der Waals surface area contributed by atoms with Crippen LogP contribution >= 0.6 is 0 Å². The summed E-state index contributed by atoms with van der Waals surface area (Å²) in [5.74, 6) is -3.03. The van der Waals surface area contributed by atoms with Crippen molar-refractivity contribution in [1.29, 1.82) is 0 Å². The van der Waals surface area contributed by atoms with E-state index in [-0.39, 0.29) is 19.4 Å². The van der Waals surface area contributed by atoms with E-state index in [4.69, 9.17) is 0 Å². The van der Waals surface area contributed by atoms with Crippen LogP contribution in [0.15, 0.2) is 0 Å². The number of hydrogen-bond donors (Lipinski definition) is 2. The van der Waals surface area contributed by atoms with Crippen LogP contribution in [0.5, 0.6) is 0 Å². The van der Waals surface area contributed by atoms with Crippen molar-refractivity contribution >= 4 is 11.9 Å². The van der Waals surface area contributed by atoms with Crippen molar-refractivity contribution < 1.29 is 32.6 Å². The van der Waals surface area contributed by atoms with Gasteiger partial charge in [-0.2, -0.15) is 13.2 Å². The highest BCUT2D eigenvalue weighted by atomic mass is 19.4. The third-order valence-corrected chi connectivity index (χ3v) is 1.78. The van der Waals surface area contributed by atoms with Gasteiger partial charge in [0, 0.05) is 6.42 Å². The molecule has 1 atom stereocenters. The Morgan fingerprint density at radius 1 is 1.29 bits per heavy atom. The van der Waals surface area contributed by atoms with Crippen LogP contribution in [0, 0.1) is 0 Å². The van der Waals surface area contributed by atoms with Gasteiger partial charge in [-0.05, 0) is 13.3 Å². The average molecular weight is 257 g/mol. The number of rotatable bonds is 5. The zero-order valence-electron chi connectivity index (χ0n) is 9.43. The minimum Gasteiger partial charge on any atom is -0.462 e. The molecule has 100 valence electrons. The minimum absolute atomic E-state index is 0.238. The first-order valence-electron chi connectivity index (χ1n) is 4.96. The second kappa shape index (κ2) is 5.85. The number of amides is 1. The second-order valence-electron chi connectivity index (χ2n) is 3.23. The molecule has 1 unspecified atom stereocenters. The van der Waals surface area contributed by atoms with Crippen molar-refractivity contribution in [3.8, 4) is 0 Å². The Hall–Kier alpha value is -1.31. The third kappa shape index (κ3) is 3.88. The third-order valence-electron chi connectivity index (χ3n) is 1.78. The summed E-state index contributed by atoms with van der Waals surface area (Å²) in [7, 11) is 0. The fourth-order valence-corrected chi connectivity index (χ4v) is 0.964. The first kappa shape index (κ1) is 15.7. The molecule has 17 heavy (non-hydrogen) atoms. The molecular weight excluding hydrogens is 243 g/mol. The van der Waals surface area contributed by atoms with Crippen molar-refractivity contribution in [2.45, 2.75) is 38.6 Å². The van der Waals surface area contributed by atoms with Gasteiger partial charge in [-0.3, -0.25) is 4.79 Å². The van der Waals surface area contributed by atoms with E-state index in [1.54, 1.807) is 6.92 Å². The van der Waals surface area contributed by atoms with E-state index in [1.165, 1.54) is 12.2 Å². The van der Waals surface area contributed by atoms with Gasteiger partial charge in [-0.25, -0.2) is 4.79 Å². The lowest BCUT2D eigenvalue weighted by molar-refractivity contribution is -0.271. The lowest BCUT2D eigenvalue weighted by Gasteiger charge is -2.28. The van der Waals surface area contributed by atoms with Crippen LogP contribution in [0.25, 0.3) is 0 Å². The summed E-state index contributed by atoms with van der Waals surface area (Å²) >= 11 is 0. The second-order valence-corrected chi connectivity index (χ2v) is 3.23. The van der Waals surface area contributed by atoms with Gasteiger partial charge in [-0.1, -0.05) is 6.92 Å². The highest BCUT2D eigenvalue weighted by Gasteiger charge is 2.62. The van der Waals surface area contributed by atoms with E-state index in [0.717, 1.165) is 0 Å². The standard InChI is InChI=1S/C9H14F3NO4/c1-3-5-6(14)13-8(16,9(10,11)12)7(15)17-4-2/h16H,3-5H2,1-2H3,(H,13,14). The Morgan fingerprint density at radius 2 is 1.82 bits per heavy atom. The number of carbonyl (C=O) groups excluding carboxylic acids is 2. The summed E-state index contributed by atoms with van der Waals surface area (Å²) in [6.07, 6.45) is -5.30. The van der Waals surface area contributed by atoms with Crippen LogP contribution in [-0.4, -0.2) is 35.5 Å². The molecule has 0 fully saturated rings.